The van der Waals surface area contributed by atoms with Crippen molar-refractivity contribution in [3.63, 3.8) is 0 Å². The molecule has 1 amide bonds. The molecule has 2 aromatic carbocycles. The van der Waals surface area contributed by atoms with Gasteiger partial charge in [0.2, 0.25) is 0 Å². The third-order valence-electron chi connectivity index (χ3n) is 8.18. The Kier molecular flexibility index (Phi) is 6.20. The summed E-state index contributed by atoms with van der Waals surface area (Å²) in [5, 5.41) is 13.9. The predicted molar refractivity (Wildman–Crippen MR) is 145 cm³/mol. The molecular formula is C31H31FN4O3. The first-order valence-electron chi connectivity index (χ1n) is 13.6. The van der Waals surface area contributed by atoms with Gasteiger partial charge in [-0.3, -0.25) is 9.59 Å². The fourth-order valence-electron chi connectivity index (χ4n) is 5.68. The van der Waals surface area contributed by atoms with Gasteiger partial charge in [0, 0.05) is 29.8 Å². The van der Waals surface area contributed by atoms with Crippen LogP contribution in [0.1, 0.15) is 83.9 Å². The second-order valence-electron chi connectivity index (χ2n) is 10.8. The number of fused-ring (bicyclic) bond motifs is 1. The average molecular weight is 527 g/mol. The van der Waals surface area contributed by atoms with Gasteiger partial charge >= 0.3 is 5.97 Å². The molecule has 0 radical (unpaired) electrons. The van der Waals surface area contributed by atoms with Gasteiger partial charge in [-0.2, -0.15) is 5.10 Å². The zero-order valence-corrected chi connectivity index (χ0v) is 22.3. The van der Waals surface area contributed by atoms with Crippen LogP contribution in [0.15, 0.2) is 54.6 Å². The molecule has 0 bridgehead atoms. The van der Waals surface area contributed by atoms with Gasteiger partial charge in [0.25, 0.3) is 5.91 Å². The minimum Gasteiger partial charge on any atom is -0.481 e. The van der Waals surface area contributed by atoms with Crippen molar-refractivity contribution in [1.82, 2.24) is 19.5 Å². The summed E-state index contributed by atoms with van der Waals surface area (Å²) < 4.78 is 17.0. The van der Waals surface area contributed by atoms with Crippen molar-refractivity contribution >= 4 is 17.5 Å². The summed E-state index contributed by atoms with van der Waals surface area (Å²) >= 11 is 0. The molecule has 2 fully saturated rings. The van der Waals surface area contributed by atoms with Gasteiger partial charge < -0.3 is 10.0 Å². The first-order chi connectivity index (χ1) is 18.8. The molecule has 2 saturated carbocycles. The second-order valence-corrected chi connectivity index (χ2v) is 10.8. The van der Waals surface area contributed by atoms with Crippen LogP contribution in [0.2, 0.25) is 0 Å². The van der Waals surface area contributed by atoms with Crippen LogP contribution in [0, 0.1) is 18.7 Å². The standard InChI is InChI=1S/C31H31FN4O3/c1-4-35(18(3)21-8-6-5-7-17(21)2)30(37)27-15-28(19-9-10-19)36-29(33-27)16-26(34-36)22-12-11-20(13-25(22)32)23-14-24(23)31(38)39/h5-8,11-13,15-16,18-19,23-24H,4,9-10,14H2,1-3H3,(H,38,39)/t18-,23-,24?/m1/s1. The molecule has 8 heteroatoms. The number of carbonyl (C=O) groups excluding carboxylic acids is 1. The van der Waals surface area contributed by atoms with E-state index in [9.17, 15) is 14.7 Å². The van der Waals surface area contributed by atoms with Crippen molar-refractivity contribution in [3.05, 3.63) is 88.5 Å². The lowest BCUT2D eigenvalue weighted by Gasteiger charge is -2.29. The SMILES string of the molecule is CCN(C(=O)c1cc(C2CC2)n2nc(-c3ccc([C@H]4CC4C(=O)O)cc3F)cc2n1)[C@H](C)c1ccccc1C. The Balaban J connectivity index is 1.35. The zero-order valence-electron chi connectivity index (χ0n) is 22.3. The molecule has 2 aliphatic rings. The van der Waals surface area contributed by atoms with Crippen LogP contribution in [-0.2, 0) is 4.79 Å². The number of hydrogen-bond donors (Lipinski definition) is 1. The highest BCUT2D eigenvalue weighted by Gasteiger charge is 2.44. The summed E-state index contributed by atoms with van der Waals surface area (Å²) in [5.41, 5.74) is 5.47. The van der Waals surface area contributed by atoms with Crippen molar-refractivity contribution in [1.29, 1.82) is 0 Å². The van der Waals surface area contributed by atoms with E-state index < -0.39 is 17.7 Å². The molecule has 2 aromatic heterocycles. The molecule has 6 rings (SSSR count). The van der Waals surface area contributed by atoms with Gasteiger partial charge in [-0.15, -0.1) is 0 Å². The van der Waals surface area contributed by atoms with E-state index in [1.54, 1.807) is 22.7 Å². The molecule has 1 unspecified atom stereocenters. The van der Waals surface area contributed by atoms with E-state index in [0.717, 1.165) is 29.7 Å². The third kappa shape index (κ3) is 4.58. The summed E-state index contributed by atoms with van der Waals surface area (Å²) in [4.78, 5) is 31.5. The highest BCUT2D eigenvalue weighted by atomic mass is 19.1. The van der Waals surface area contributed by atoms with Crippen molar-refractivity contribution in [3.8, 4) is 11.3 Å². The van der Waals surface area contributed by atoms with Gasteiger partial charge in [0.05, 0.1) is 17.7 Å². The number of halogens is 1. The highest BCUT2D eigenvalue weighted by Crippen LogP contribution is 2.48. The van der Waals surface area contributed by atoms with Crippen LogP contribution in [0.3, 0.4) is 0 Å². The maximum absolute atomic E-state index is 15.2. The van der Waals surface area contributed by atoms with Crippen LogP contribution in [0.25, 0.3) is 16.9 Å². The summed E-state index contributed by atoms with van der Waals surface area (Å²) in [6, 6.07) is 16.4. The Labute approximate surface area is 226 Å². The number of rotatable bonds is 8. The van der Waals surface area contributed by atoms with Crippen molar-refractivity contribution in [2.24, 2.45) is 5.92 Å². The summed E-state index contributed by atoms with van der Waals surface area (Å²) in [6.45, 7) is 6.59. The molecule has 1 N–H and O–H groups in total. The fourth-order valence-corrected chi connectivity index (χ4v) is 5.68. The molecule has 4 aromatic rings. The lowest BCUT2D eigenvalue weighted by atomic mass is 10.0. The van der Waals surface area contributed by atoms with Crippen LogP contribution < -0.4 is 0 Å². The Morgan fingerprint density at radius 1 is 1.15 bits per heavy atom. The van der Waals surface area contributed by atoms with E-state index in [1.807, 2.05) is 49.9 Å². The van der Waals surface area contributed by atoms with Gasteiger partial charge in [-0.05, 0) is 80.8 Å². The van der Waals surface area contributed by atoms with E-state index in [1.165, 1.54) is 6.07 Å². The maximum atomic E-state index is 15.2. The number of aromatic nitrogens is 3. The topological polar surface area (TPSA) is 87.8 Å². The van der Waals surface area contributed by atoms with Crippen LogP contribution in [-0.4, -0.2) is 43.0 Å². The number of amides is 1. The monoisotopic (exact) mass is 526 g/mol. The number of aliphatic carboxylic acids is 1. The van der Waals surface area contributed by atoms with Crippen molar-refractivity contribution in [2.75, 3.05) is 6.54 Å². The van der Waals surface area contributed by atoms with Gasteiger partial charge in [-0.25, -0.2) is 13.9 Å². The molecule has 2 heterocycles. The minimum atomic E-state index is -0.844. The van der Waals surface area contributed by atoms with Crippen LogP contribution in [0.4, 0.5) is 4.39 Å². The summed E-state index contributed by atoms with van der Waals surface area (Å²) in [6.07, 6.45) is 2.55. The van der Waals surface area contributed by atoms with Gasteiger partial charge in [-0.1, -0.05) is 30.3 Å². The van der Waals surface area contributed by atoms with Crippen molar-refractivity contribution in [2.45, 2.75) is 57.9 Å². The lowest BCUT2D eigenvalue weighted by molar-refractivity contribution is -0.138. The Morgan fingerprint density at radius 2 is 1.92 bits per heavy atom. The Bertz CT molecular complexity index is 1610. The molecule has 7 nitrogen and oxygen atoms in total. The molecule has 39 heavy (non-hydrogen) atoms. The zero-order chi connectivity index (χ0) is 27.4. The quantitative estimate of drug-likeness (QED) is 0.298. The van der Waals surface area contributed by atoms with E-state index in [4.69, 9.17) is 10.1 Å². The largest absolute Gasteiger partial charge is 0.481 e. The number of carboxylic acids is 1. The van der Waals surface area contributed by atoms with Gasteiger partial charge in [0.1, 0.15) is 11.5 Å². The average Bonchev–Trinajstić information content (AvgIpc) is 3.84. The van der Waals surface area contributed by atoms with Crippen LogP contribution >= 0.6 is 0 Å². The Hall–Kier alpha value is -4.07. The number of benzene rings is 2. The third-order valence-corrected chi connectivity index (χ3v) is 8.18. The lowest BCUT2D eigenvalue weighted by Crippen LogP contribution is -2.34. The Morgan fingerprint density at radius 3 is 2.56 bits per heavy atom. The predicted octanol–water partition coefficient (Wildman–Crippen LogP) is 6.13. The number of carbonyl (C=O) groups is 2. The van der Waals surface area contributed by atoms with Crippen molar-refractivity contribution < 1.29 is 19.1 Å². The molecule has 200 valence electrons. The van der Waals surface area contributed by atoms with E-state index >= 15 is 4.39 Å². The van der Waals surface area contributed by atoms with Crippen LogP contribution in [0.5, 0.6) is 0 Å². The van der Waals surface area contributed by atoms with E-state index in [2.05, 4.69) is 6.07 Å². The van der Waals surface area contributed by atoms with E-state index in [-0.39, 0.29) is 23.8 Å². The maximum Gasteiger partial charge on any atom is 0.307 e. The number of carboxylic acid groups (broad SMARTS) is 1. The molecule has 3 atom stereocenters. The molecular weight excluding hydrogens is 495 g/mol. The fraction of sp³-hybridized carbons (Fsp3) is 0.355. The number of aryl methyl sites for hydroxylation is 1. The molecule has 0 saturated heterocycles. The molecule has 0 spiro atoms. The smallest absolute Gasteiger partial charge is 0.307 e. The highest BCUT2D eigenvalue weighted by molar-refractivity contribution is 5.93. The second kappa shape index (κ2) is 9.59. The number of nitrogens with zero attached hydrogens (tertiary/aromatic N) is 4. The first-order valence-corrected chi connectivity index (χ1v) is 13.6. The number of hydrogen-bond acceptors (Lipinski definition) is 4. The first kappa shape index (κ1) is 25.2. The summed E-state index contributed by atoms with van der Waals surface area (Å²) in [7, 11) is 0. The van der Waals surface area contributed by atoms with E-state index in [0.29, 0.717) is 41.1 Å². The normalized spacial score (nSPS) is 19.2. The van der Waals surface area contributed by atoms with Gasteiger partial charge in [0.15, 0.2) is 5.65 Å². The molecule has 0 aliphatic heterocycles. The summed E-state index contributed by atoms with van der Waals surface area (Å²) in [5.74, 6) is -1.73. The molecule has 2 aliphatic carbocycles. The minimum absolute atomic E-state index is 0.119.